The van der Waals surface area contributed by atoms with Crippen LogP contribution in [0.25, 0.3) is 0 Å². The number of thioether (sulfide) groups is 3. The summed E-state index contributed by atoms with van der Waals surface area (Å²) in [4.78, 5) is 0. The van der Waals surface area contributed by atoms with Crippen molar-refractivity contribution < 1.29 is 0 Å². The Balaban J connectivity index is 4.20. The SMILES string of the molecule is CCC(SCCCS)(SCCCS)SCCCS. The molecule has 0 nitrogen and oxygen atoms in total. The van der Waals surface area contributed by atoms with Gasteiger partial charge in [-0.2, -0.15) is 37.9 Å². The van der Waals surface area contributed by atoms with Gasteiger partial charge in [-0.05, 0) is 60.2 Å². The van der Waals surface area contributed by atoms with Crippen LogP contribution in [0.1, 0.15) is 32.6 Å². The first-order valence-corrected chi connectivity index (χ1v) is 11.3. The van der Waals surface area contributed by atoms with Gasteiger partial charge in [-0.1, -0.05) is 6.92 Å². The summed E-state index contributed by atoms with van der Waals surface area (Å²) in [5.41, 5.74) is 0. The Bertz CT molecular complexity index is 149. The molecular weight excluding hydrogens is 337 g/mol. The smallest absolute Gasteiger partial charge is 0.106 e. The molecule has 0 aliphatic carbocycles. The second kappa shape index (κ2) is 14.1. The lowest BCUT2D eigenvalue weighted by atomic mass is 10.5. The first-order chi connectivity index (χ1) is 8.74. The van der Waals surface area contributed by atoms with Crippen molar-refractivity contribution >= 4 is 73.2 Å². The zero-order valence-corrected chi connectivity index (χ0v) is 16.3. The predicted molar refractivity (Wildman–Crippen MR) is 106 cm³/mol. The van der Waals surface area contributed by atoms with E-state index in [-0.39, 0.29) is 0 Å². The Kier molecular flexibility index (Phi) is 15.7. The lowest BCUT2D eigenvalue weighted by Crippen LogP contribution is -2.17. The molecule has 0 radical (unpaired) electrons. The first kappa shape index (κ1) is 20.1. The van der Waals surface area contributed by atoms with Gasteiger partial charge in [-0.25, -0.2) is 0 Å². The van der Waals surface area contributed by atoms with Crippen LogP contribution in [0.3, 0.4) is 0 Å². The molecule has 0 aromatic carbocycles. The average Bonchev–Trinajstić information content (AvgIpc) is 2.39. The molecule has 0 spiro atoms. The van der Waals surface area contributed by atoms with Gasteiger partial charge in [-0.3, -0.25) is 0 Å². The molecule has 110 valence electrons. The summed E-state index contributed by atoms with van der Waals surface area (Å²) >= 11 is 19.3. The lowest BCUT2D eigenvalue weighted by molar-refractivity contribution is 0.984. The quantitative estimate of drug-likeness (QED) is 0.234. The highest BCUT2D eigenvalue weighted by molar-refractivity contribution is 8.33. The molecular formula is C12H26S6. The summed E-state index contributed by atoms with van der Waals surface area (Å²) in [7, 11) is 0. The highest BCUT2D eigenvalue weighted by Crippen LogP contribution is 2.50. The molecule has 0 saturated heterocycles. The maximum absolute atomic E-state index is 4.30. The summed E-state index contributed by atoms with van der Waals surface area (Å²) in [6.07, 6.45) is 4.83. The summed E-state index contributed by atoms with van der Waals surface area (Å²) in [6, 6.07) is 0. The number of thiol groups is 3. The average molecular weight is 363 g/mol. The van der Waals surface area contributed by atoms with E-state index in [1.807, 2.05) is 0 Å². The van der Waals surface area contributed by atoms with Gasteiger partial charge in [0.1, 0.15) is 3.41 Å². The molecule has 0 aromatic rings. The number of hydrogen-bond acceptors (Lipinski definition) is 6. The minimum absolute atomic E-state index is 0.342. The van der Waals surface area contributed by atoms with Crippen molar-refractivity contribution in [3.05, 3.63) is 0 Å². The number of rotatable bonds is 13. The topological polar surface area (TPSA) is 0 Å². The first-order valence-electron chi connectivity index (χ1n) is 6.49. The molecule has 0 atom stereocenters. The fourth-order valence-corrected chi connectivity index (χ4v) is 7.34. The summed E-state index contributed by atoms with van der Waals surface area (Å²) in [6.45, 7) is 2.31. The molecule has 0 saturated carbocycles. The van der Waals surface area contributed by atoms with Gasteiger partial charge in [-0.15, -0.1) is 35.3 Å². The molecule has 0 N–H and O–H groups in total. The molecule has 0 amide bonds. The standard InChI is InChI=1S/C12H26S6/c1-2-12(16-9-3-6-13,17-10-4-7-14)18-11-5-8-15/h13-15H,2-11H2,1H3. The molecule has 0 aromatic heterocycles. The highest BCUT2D eigenvalue weighted by atomic mass is 32.3. The van der Waals surface area contributed by atoms with E-state index in [2.05, 4.69) is 80.1 Å². The van der Waals surface area contributed by atoms with Gasteiger partial charge in [0.25, 0.3) is 0 Å². The molecule has 0 aliphatic heterocycles. The molecule has 0 fully saturated rings. The molecule has 0 bridgehead atoms. The van der Waals surface area contributed by atoms with Crippen LogP contribution < -0.4 is 0 Å². The summed E-state index contributed by atoms with van der Waals surface area (Å²) in [5, 5.41) is 0. The van der Waals surface area contributed by atoms with Crippen molar-refractivity contribution in [1.29, 1.82) is 0 Å². The van der Waals surface area contributed by atoms with Crippen LogP contribution in [0.5, 0.6) is 0 Å². The molecule has 0 aliphatic rings. The Morgan fingerprint density at radius 1 is 0.722 bits per heavy atom. The van der Waals surface area contributed by atoms with Crippen LogP contribution in [-0.2, 0) is 0 Å². The third-order valence-electron chi connectivity index (χ3n) is 2.31. The second-order valence-electron chi connectivity index (χ2n) is 3.81. The van der Waals surface area contributed by atoms with Crippen LogP contribution in [0.2, 0.25) is 0 Å². The van der Waals surface area contributed by atoms with Crippen LogP contribution in [-0.4, -0.2) is 37.9 Å². The zero-order valence-electron chi connectivity index (χ0n) is 11.1. The van der Waals surface area contributed by atoms with Gasteiger partial charge in [0.2, 0.25) is 0 Å². The Labute approximate surface area is 143 Å². The minimum atomic E-state index is 0.342. The van der Waals surface area contributed by atoms with E-state index >= 15 is 0 Å². The van der Waals surface area contributed by atoms with Crippen molar-refractivity contribution in [3.8, 4) is 0 Å². The summed E-state index contributed by atoms with van der Waals surface area (Å²) < 4.78 is 0.342. The van der Waals surface area contributed by atoms with Crippen molar-refractivity contribution in [2.75, 3.05) is 34.5 Å². The third-order valence-corrected chi connectivity index (χ3v) is 9.04. The van der Waals surface area contributed by atoms with Crippen LogP contribution in [0.15, 0.2) is 0 Å². The highest BCUT2D eigenvalue weighted by Gasteiger charge is 2.29. The normalized spacial score (nSPS) is 12.0. The maximum Gasteiger partial charge on any atom is 0.106 e. The van der Waals surface area contributed by atoms with Crippen molar-refractivity contribution in [3.63, 3.8) is 0 Å². The van der Waals surface area contributed by atoms with Gasteiger partial charge >= 0.3 is 0 Å². The van der Waals surface area contributed by atoms with Gasteiger partial charge in [0.05, 0.1) is 0 Å². The van der Waals surface area contributed by atoms with E-state index < -0.39 is 0 Å². The van der Waals surface area contributed by atoms with Crippen LogP contribution in [0.4, 0.5) is 0 Å². The van der Waals surface area contributed by atoms with Crippen molar-refractivity contribution in [2.24, 2.45) is 0 Å². The summed E-state index contributed by atoms with van der Waals surface area (Å²) in [5.74, 6) is 6.65. The molecule has 0 rings (SSSR count). The second-order valence-corrected chi connectivity index (χ2v) is 10.1. The number of hydrogen-bond donors (Lipinski definition) is 3. The zero-order chi connectivity index (χ0) is 13.7. The van der Waals surface area contributed by atoms with Gasteiger partial charge in [0.15, 0.2) is 0 Å². The third kappa shape index (κ3) is 9.92. The van der Waals surface area contributed by atoms with Crippen LogP contribution >= 0.6 is 73.2 Å². The Morgan fingerprint density at radius 2 is 1.06 bits per heavy atom. The molecule has 0 heterocycles. The Hall–Kier alpha value is 2.10. The maximum atomic E-state index is 4.30. The monoisotopic (exact) mass is 362 g/mol. The lowest BCUT2D eigenvalue weighted by Gasteiger charge is -2.31. The molecule has 0 unspecified atom stereocenters. The molecule has 18 heavy (non-hydrogen) atoms. The van der Waals surface area contributed by atoms with E-state index in [1.54, 1.807) is 0 Å². The van der Waals surface area contributed by atoms with E-state index in [0.29, 0.717) is 3.41 Å². The van der Waals surface area contributed by atoms with E-state index in [1.165, 1.54) is 42.9 Å². The Morgan fingerprint density at radius 3 is 1.28 bits per heavy atom. The molecule has 6 heteroatoms. The van der Waals surface area contributed by atoms with Gasteiger partial charge < -0.3 is 0 Å². The van der Waals surface area contributed by atoms with E-state index in [9.17, 15) is 0 Å². The van der Waals surface area contributed by atoms with Crippen molar-refractivity contribution in [1.82, 2.24) is 0 Å². The van der Waals surface area contributed by atoms with Crippen molar-refractivity contribution in [2.45, 2.75) is 36.0 Å². The fraction of sp³-hybridized carbons (Fsp3) is 1.00. The van der Waals surface area contributed by atoms with Crippen LogP contribution in [0, 0.1) is 0 Å². The largest absolute Gasteiger partial charge is 0.179 e. The predicted octanol–water partition coefficient (Wildman–Crippen LogP) is 5.21. The van der Waals surface area contributed by atoms with E-state index in [0.717, 1.165) is 17.3 Å². The fourth-order valence-electron chi connectivity index (χ4n) is 1.31. The minimum Gasteiger partial charge on any atom is -0.179 e. The van der Waals surface area contributed by atoms with Gasteiger partial charge in [0, 0.05) is 0 Å². The van der Waals surface area contributed by atoms with E-state index in [4.69, 9.17) is 0 Å².